The largest absolute Gasteiger partial charge is 0.468 e. The van der Waals surface area contributed by atoms with Gasteiger partial charge in [-0.15, -0.1) is 0 Å². The second-order valence-corrected chi connectivity index (χ2v) is 5.27. The van der Waals surface area contributed by atoms with E-state index in [0.29, 0.717) is 5.56 Å². The molecule has 0 saturated heterocycles. The number of nitrogens with zero attached hydrogens (tertiary/aromatic N) is 2. The first kappa shape index (κ1) is 18.8. The van der Waals surface area contributed by atoms with Crippen molar-refractivity contribution in [3.05, 3.63) is 90.5 Å². The van der Waals surface area contributed by atoms with Gasteiger partial charge in [0.15, 0.2) is 11.4 Å². The Morgan fingerprint density at radius 2 is 1.75 bits per heavy atom. The van der Waals surface area contributed by atoms with Crippen LogP contribution in [0.1, 0.15) is 5.56 Å². The average molecular weight is 382 g/mol. The van der Waals surface area contributed by atoms with Crippen molar-refractivity contribution >= 4 is 11.5 Å². The minimum absolute atomic E-state index is 0.0712. The molecule has 2 aromatic carbocycles. The van der Waals surface area contributed by atoms with Crippen LogP contribution in [-0.4, -0.2) is 23.0 Å². The van der Waals surface area contributed by atoms with Gasteiger partial charge in [-0.1, -0.05) is 42.5 Å². The summed E-state index contributed by atoms with van der Waals surface area (Å²) in [4.78, 5) is 30.1. The molecule has 0 spiro atoms. The summed E-state index contributed by atoms with van der Waals surface area (Å²) < 4.78 is 24.5. The smallest absolute Gasteiger partial charge is 0.393 e. The third-order valence-corrected chi connectivity index (χ3v) is 3.45. The van der Waals surface area contributed by atoms with Crippen LogP contribution < -0.4 is 9.62 Å². The molecule has 0 aliphatic rings. The van der Waals surface area contributed by atoms with Gasteiger partial charge < -0.3 is 9.47 Å². The molecule has 0 bridgehead atoms. The molecule has 1 heterocycles. The molecule has 0 saturated carbocycles. The fourth-order valence-electron chi connectivity index (χ4n) is 2.19. The van der Waals surface area contributed by atoms with Gasteiger partial charge in [0.25, 0.3) is 0 Å². The maximum atomic E-state index is 13.7. The van der Waals surface area contributed by atoms with E-state index in [1.54, 1.807) is 36.4 Å². The molecule has 0 unspecified atom stereocenters. The molecule has 0 N–H and O–H groups in total. The number of rotatable bonds is 7. The minimum Gasteiger partial charge on any atom is -0.468 e. The Labute approximate surface area is 159 Å². The van der Waals surface area contributed by atoms with Crippen LogP contribution >= 0.6 is 0 Å². The standard InChI is InChI=1S/C20H15FN2O5/c1-25-20(26-17-11-12-22-13-23-17)18(14-7-3-2-4-8-14)19(24)28-27-16-10-6-5-9-15(16)21/h2-13H,1H3. The summed E-state index contributed by atoms with van der Waals surface area (Å²) in [5.74, 6) is -1.88. The van der Waals surface area contributed by atoms with Crippen molar-refractivity contribution in [3.63, 3.8) is 0 Å². The number of aromatic nitrogens is 2. The van der Waals surface area contributed by atoms with Crippen LogP contribution in [0.15, 0.2) is 79.1 Å². The highest BCUT2D eigenvalue weighted by molar-refractivity contribution is 6.16. The molecule has 7 nitrogen and oxygen atoms in total. The number of carbonyl (C=O) groups excluding carboxylic acids is 1. The van der Waals surface area contributed by atoms with Crippen molar-refractivity contribution in [2.45, 2.75) is 0 Å². The fourth-order valence-corrected chi connectivity index (χ4v) is 2.19. The molecule has 0 atom stereocenters. The minimum atomic E-state index is -0.944. The highest BCUT2D eigenvalue weighted by Crippen LogP contribution is 2.24. The molecule has 0 aliphatic heterocycles. The van der Waals surface area contributed by atoms with E-state index in [0.717, 1.165) is 0 Å². The van der Waals surface area contributed by atoms with Gasteiger partial charge in [0.2, 0.25) is 11.6 Å². The number of ether oxygens (including phenoxy) is 2. The topological polar surface area (TPSA) is 79.8 Å². The maximum absolute atomic E-state index is 13.7. The van der Waals surface area contributed by atoms with Gasteiger partial charge in [0.05, 0.1) is 7.11 Å². The van der Waals surface area contributed by atoms with Gasteiger partial charge in [-0.05, 0) is 17.7 Å². The number of benzene rings is 2. The van der Waals surface area contributed by atoms with Crippen molar-refractivity contribution < 1.29 is 28.4 Å². The van der Waals surface area contributed by atoms with Gasteiger partial charge in [-0.3, -0.25) is 4.89 Å². The van der Waals surface area contributed by atoms with Crippen molar-refractivity contribution in [2.75, 3.05) is 7.11 Å². The van der Waals surface area contributed by atoms with Crippen LogP contribution in [0.2, 0.25) is 0 Å². The van der Waals surface area contributed by atoms with E-state index in [2.05, 4.69) is 9.97 Å². The zero-order valence-corrected chi connectivity index (χ0v) is 14.7. The van der Waals surface area contributed by atoms with E-state index in [-0.39, 0.29) is 23.1 Å². The summed E-state index contributed by atoms with van der Waals surface area (Å²) in [6, 6.07) is 15.5. The Morgan fingerprint density at radius 1 is 1.00 bits per heavy atom. The second kappa shape index (κ2) is 9.13. The second-order valence-electron chi connectivity index (χ2n) is 5.27. The number of para-hydroxylation sites is 1. The van der Waals surface area contributed by atoms with Gasteiger partial charge in [0.1, 0.15) is 6.33 Å². The third-order valence-electron chi connectivity index (χ3n) is 3.45. The monoisotopic (exact) mass is 382 g/mol. The predicted octanol–water partition coefficient (Wildman–Crippen LogP) is 3.55. The van der Waals surface area contributed by atoms with E-state index >= 15 is 0 Å². The van der Waals surface area contributed by atoms with E-state index < -0.39 is 11.8 Å². The Kier molecular flexibility index (Phi) is 6.14. The van der Waals surface area contributed by atoms with Crippen molar-refractivity contribution in [1.82, 2.24) is 9.97 Å². The first-order valence-corrected chi connectivity index (χ1v) is 8.10. The lowest BCUT2D eigenvalue weighted by Crippen LogP contribution is -2.15. The highest BCUT2D eigenvalue weighted by atomic mass is 19.1. The number of hydrogen-bond acceptors (Lipinski definition) is 7. The molecule has 8 heteroatoms. The lowest BCUT2D eigenvalue weighted by Gasteiger charge is -2.13. The normalized spacial score (nSPS) is 11.2. The molecule has 0 amide bonds. The molecule has 28 heavy (non-hydrogen) atoms. The number of carbonyl (C=O) groups is 1. The lowest BCUT2D eigenvalue weighted by molar-refractivity contribution is -0.207. The quantitative estimate of drug-likeness (QED) is 0.268. The van der Waals surface area contributed by atoms with Gasteiger partial charge in [0, 0.05) is 12.3 Å². The zero-order valence-electron chi connectivity index (χ0n) is 14.7. The SMILES string of the molecule is COC(Oc1ccncn1)=C(C(=O)OOc1ccccc1F)c1ccccc1. The summed E-state index contributed by atoms with van der Waals surface area (Å²) >= 11 is 0. The van der Waals surface area contributed by atoms with Crippen molar-refractivity contribution in [1.29, 1.82) is 0 Å². The zero-order chi connectivity index (χ0) is 19.8. The van der Waals surface area contributed by atoms with Gasteiger partial charge in [-0.25, -0.2) is 24.0 Å². The van der Waals surface area contributed by atoms with Crippen molar-refractivity contribution in [3.8, 4) is 11.6 Å². The average Bonchev–Trinajstić information content (AvgIpc) is 2.74. The van der Waals surface area contributed by atoms with Crippen LogP contribution in [0.3, 0.4) is 0 Å². The first-order chi connectivity index (χ1) is 13.7. The number of methoxy groups -OCH3 is 1. The van der Waals surface area contributed by atoms with E-state index in [1.165, 1.54) is 43.9 Å². The van der Waals surface area contributed by atoms with E-state index in [9.17, 15) is 9.18 Å². The molecule has 3 aromatic rings. The summed E-state index contributed by atoms with van der Waals surface area (Å²) in [5.41, 5.74) is 0.369. The number of halogens is 1. The Bertz CT molecular complexity index is 965. The molecule has 142 valence electrons. The molecular weight excluding hydrogens is 367 g/mol. The molecule has 3 rings (SSSR count). The summed E-state index contributed by atoms with van der Waals surface area (Å²) in [6.45, 7) is 0. The van der Waals surface area contributed by atoms with Gasteiger partial charge >= 0.3 is 11.9 Å². The molecular formula is C20H15FN2O5. The lowest BCUT2D eigenvalue weighted by atomic mass is 10.1. The maximum Gasteiger partial charge on any atom is 0.393 e. The van der Waals surface area contributed by atoms with Crippen LogP contribution in [-0.2, 0) is 14.4 Å². The summed E-state index contributed by atoms with van der Waals surface area (Å²) in [6.07, 6.45) is 2.75. The van der Waals surface area contributed by atoms with Crippen LogP contribution in [0.4, 0.5) is 4.39 Å². The summed E-state index contributed by atoms with van der Waals surface area (Å²) in [7, 11) is 1.32. The Balaban J connectivity index is 1.91. The van der Waals surface area contributed by atoms with Crippen LogP contribution in [0.5, 0.6) is 11.6 Å². The van der Waals surface area contributed by atoms with Gasteiger partial charge in [-0.2, -0.15) is 0 Å². The third kappa shape index (κ3) is 4.61. The van der Waals surface area contributed by atoms with E-state index in [4.69, 9.17) is 19.2 Å². The Hall–Kier alpha value is -3.94. The Morgan fingerprint density at radius 3 is 2.43 bits per heavy atom. The molecule has 0 fully saturated rings. The van der Waals surface area contributed by atoms with Crippen LogP contribution in [0, 0.1) is 5.82 Å². The van der Waals surface area contributed by atoms with Crippen LogP contribution in [0.25, 0.3) is 5.57 Å². The highest BCUT2D eigenvalue weighted by Gasteiger charge is 2.25. The predicted molar refractivity (Wildman–Crippen MR) is 96.2 cm³/mol. The molecule has 0 aliphatic carbocycles. The fraction of sp³-hybridized carbons (Fsp3) is 0.0500. The number of hydrogen-bond donors (Lipinski definition) is 0. The first-order valence-electron chi connectivity index (χ1n) is 8.10. The van der Waals surface area contributed by atoms with Crippen molar-refractivity contribution in [2.24, 2.45) is 0 Å². The summed E-state index contributed by atoms with van der Waals surface area (Å²) in [5, 5.41) is 0. The molecule has 0 radical (unpaired) electrons. The molecule has 1 aromatic heterocycles. The van der Waals surface area contributed by atoms with E-state index in [1.807, 2.05) is 0 Å².